The summed E-state index contributed by atoms with van der Waals surface area (Å²) in [6.07, 6.45) is 1.76. The maximum atomic E-state index is 11.0. The van der Waals surface area contributed by atoms with Crippen molar-refractivity contribution in [1.82, 2.24) is 0 Å². The van der Waals surface area contributed by atoms with E-state index in [-0.39, 0.29) is 0 Å². The standard InChI is InChI=1S/C10H12O3/c1-2-5-8-6-3-4-7-9(8)10(11)13-12/h3-4,6-7,12H,2,5H2,1H3. The van der Waals surface area contributed by atoms with Crippen molar-refractivity contribution in [3.05, 3.63) is 35.4 Å². The fourth-order valence-electron chi connectivity index (χ4n) is 1.26. The zero-order valence-corrected chi connectivity index (χ0v) is 7.49. The molecular formula is C10H12O3. The number of aryl methyl sites for hydroxylation is 1. The summed E-state index contributed by atoms with van der Waals surface area (Å²) < 4.78 is 0. The van der Waals surface area contributed by atoms with Crippen LogP contribution in [0.25, 0.3) is 0 Å². The fraction of sp³-hybridized carbons (Fsp3) is 0.300. The van der Waals surface area contributed by atoms with Crippen molar-refractivity contribution < 1.29 is 14.9 Å². The Balaban J connectivity index is 2.97. The van der Waals surface area contributed by atoms with Gasteiger partial charge in [0, 0.05) is 0 Å². The number of hydrogen-bond donors (Lipinski definition) is 1. The molecular weight excluding hydrogens is 168 g/mol. The van der Waals surface area contributed by atoms with Crippen LogP contribution < -0.4 is 0 Å². The lowest BCUT2D eigenvalue weighted by atomic mass is 10.0. The molecule has 0 bridgehead atoms. The molecule has 0 aromatic heterocycles. The molecule has 3 nitrogen and oxygen atoms in total. The van der Waals surface area contributed by atoms with Crippen molar-refractivity contribution in [2.24, 2.45) is 0 Å². The van der Waals surface area contributed by atoms with Crippen molar-refractivity contribution in [2.75, 3.05) is 0 Å². The average Bonchev–Trinajstić information content (AvgIpc) is 2.18. The maximum absolute atomic E-state index is 11.0. The Morgan fingerprint density at radius 2 is 2.15 bits per heavy atom. The molecule has 13 heavy (non-hydrogen) atoms. The average molecular weight is 180 g/mol. The first-order valence-corrected chi connectivity index (χ1v) is 4.23. The second kappa shape index (κ2) is 4.62. The van der Waals surface area contributed by atoms with Crippen molar-refractivity contribution in [2.45, 2.75) is 19.8 Å². The predicted octanol–water partition coefficient (Wildman–Crippen LogP) is 2.27. The highest BCUT2D eigenvalue weighted by molar-refractivity contribution is 5.90. The van der Waals surface area contributed by atoms with E-state index in [1.54, 1.807) is 12.1 Å². The summed E-state index contributed by atoms with van der Waals surface area (Å²) in [4.78, 5) is 14.7. The fourth-order valence-corrected chi connectivity index (χ4v) is 1.26. The molecule has 1 aromatic carbocycles. The second-order valence-electron chi connectivity index (χ2n) is 2.79. The van der Waals surface area contributed by atoms with Crippen molar-refractivity contribution in [3.8, 4) is 0 Å². The Labute approximate surface area is 76.9 Å². The van der Waals surface area contributed by atoms with Crippen LogP contribution in [0.4, 0.5) is 0 Å². The van der Waals surface area contributed by atoms with E-state index < -0.39 is 5.97 Å². The molecule has 1 rings (SSSR count). The van der Waals surface area contributed by atoms with Gasteiger partial charge in [-0.2, -0.15) is 5.26 Å². The molecule has 0 heterocycles. The Morgan fingerprint density at radius 3 is 2.77 bits per heavy atom. The van der Waals surface area contributed by atoms with Gasteiger partial charge in [-0.3, -0.25) is 4.89 Å². The van der Waals surface area contributed by atoms with E-state index in [4.69, 9.17) is 5.26 Å². The third-order valence-electron chi connectivity index (χ3n) is 1.84. The van der Waals surface area contributed by atoms with Crippen LogP contribution in [-0.2, 0) is 11.3 Å². The minimum absolute atomic E-state index is 0.437. The van der Waals surface area contributed by atoms with E-state index >= 15 is 0 Å². The van der Waals surface area contributed by atoms with E-state index in [0.717, 1.165) is 18.4 Å². The lowest BCUT2D eigenvalue weighted by molar-refractivity contribution is -0.182. The van der Waals surface area contributed by atoms with Crippen molar-refractivity contribution in [3.63, 3.8) is 0 Å². The molecule has 0 aliphatic heterocycles. The van der Waals surface area contributed by atoms with E-state index in [1.807, 2.05) is 19.1 Å². The molecule has 0 spiro atoms. The molecule has 3 heteroatoms. The second-order valence-corrected chi connectivity index (χ2v) is 2.79. The molecule has 0 fully saturated rings. The Bertz CT molecular complexity index is 294. The monoisotopic (exact) mass is 180 g/mol. The van der Waals surface area contributed by atoms with Crippen LogP contribution in [0.5, 0.6) is 0 Å². The van der Waals surface area contributed by atoms with Crippen molar-refractivity contribution >= 4 is 5.97 Å². The highest BCUT2D eigenvalue weighted by Gasteiger charge is 2.10. The summed E-state index contributed by atoms with van der Waals surface area (Å²) in [7, 11) is 0. The first-order valence-electron chi connectivity index (χ1n) is 4.23. The highest BCUT2D eigenvalue weighted by Crippen LogP contribution is 2.11. The van der Waals surface area contributed by atoms with Crippen LogP contribution in [0.1, 0.15) is 29.3 Å². The van der Waals surface area contributed by atoms with Gasteiger partial charge in [0.05, 0.1) is 5.56 Å². The zero-order valence-electron chi connectivity index (χ0n) is 7.49. The summed E-state index contributed by atoms with van der Waals surface area (Å²) in [5.41, 5.74) is 1.34. The van der Waals surface area contributed by atoms with Gasteiger partial charge in [-0.1, -0.05) is 31.5 Å². The van der Waals surface area contributed by atoms with Gasteiger partial charge in [-0.15, -0.1) is 0 Å². The van der Waals surface area contributed by atoms with Gasteiger partial charge in [0.15, 0.2) is 0 Å². The number of rotatable bonds is 3. The summed E-state index contributed by atoms with van der Waals surface area (Å²) >= 11 is 0. The molecule has 0 radical (unpaired) electrons. The van der Waals surface area contributed by atoms with E-state index in [9.17, 15) is 4.79 Å². The van der Waals surface area contributed by atoms with Crippen LogP contribution in [0.15, 0.2) is 24.3 Å². The molecule has 70 valence electrons. The minimum Gasteiger partial charge on any atom is -0.295 e. The number of hydrogen-bond acceptors (Lipinski definition) is 3. The van der Waals surface area contributed by atoms with E-state index in [1.165, 1.54) is 0 Å². The van der Waals surface area contributed by atoms with Gasteiger partial charge in [-0.05, 0) is 18.1 Å². The van der Waals surface area contributed by atoms with E-state index in [0.29, 0.717) is 5.56 Å². The SMILES string of the molecule is CCCc1ccccc1C(=O)OO. The highest BCUT2D eigenvalue weighted by atomic mass is 17.1. The lowest BCUT2D eigenvalue weighted by Gasteiger charge is -2.04. The van der Waals surface area contributed by atoms with Gasteiger partial charge in [0.1, 0.15) is 0 Å². The van der Waals surface area contributed by atoms with Crippen LogP contribution in [-0.4, -0.2) is 11.2 Å². The van der Waals surface area contributed by atoms with Crippen LogP contribution in [0, 0.1) is 0 Å². The lowest BCUT2D eigenvalue weighted by Crippen LogP contribution is -2.05. The normalized spacial score (nSPS) is 9.69. The Hall–Kier alpha value is -1.35. The molecule has 0 aliphatic carbocycles. The third-order valence-corrected chi connectivity index (χ3v) is 1.84. The number of carbonyl (C=O) groups excluding carboxylic acids is 1. The van der Waals surface area contributed by atoms with Gasteiger partial charge in [0.25, 0.3) is 0 Å². The molecule has 0 saturated carbocycles. The quantitative estimate of drug-likeness (QED) is 0.573. The Kier molecular flexibility index (Phi) is 3.46. The van der Waals surface area contributed by atoms with Gasteiger partial charge in [0.2, 0.25) is 0 Å². The van der Waals surface area contributed by atoms with Gasteiger partial charge in [-0.25, -0.2) is 4.79 Å². The smallest absolute Gasteiger partial charge is 0.295 e. The summed E-state index contributed by atoms with van der Waals surface area (Å²) in [5.74, 6) is -0.691. The molecule has 0 aliphatic rings. The molecule has 0 unspecified atom stereocenters. The predicted molar refractivity (Wildman–Crippen MR) is 48.5 cm³/mol. The first-order chi connectivity index (χ1) is 6.29. The van der Waals surface area contributed by atoms with Crippen LogP contribution in [0.3, 0.4) is 0 Å². The summed E-state index contributed by atoms with van der Waals surface area (Å²) in [6.45, 7) is 2.03. The van der Waals surface area contributed by atoms with Crippen LogP contribution >= 0.6 is 0 Å². The minimum atomic E-state index is -0.691. The van der Waals surface area contributed by atoms with Crippen molar-refractivity contribution in [1.29, 1.82) is 0 Å². The topological polar surface area (TPSA) is 46.5 Å². The third kappa shape index (κ3) is 2.29. The zero-order chi connectivity index (χ0) is 9.68. The summed E-state index contributed by atoms with van der Waals surface area (Å²) in [5, 5.41) is 8.23. The van der Waals surface area contributed by atoms with E-state index in [2.05, 4.69) is 4.89 Å². The first kappa shape index (κ1) is 9.74. The molecule has 0 atom stereocenters. The Morgan fingerprint density at radius 1 is 1.46 bits per heavy atom. The molecule has 1 N–H and O–H groups in total. The summed E-state index contributed by atoms with van der Waals surface area (Å²) in [6, 6.07) is 7.10. The molecule has 0 amide bonds. The number of benzene rings is 1. The molecule has 1 aromatic rings. The van der Waals surface area contributed by atoms with Gasteiger partial charge < -0.3 is 0 Å². The maximum Gasteiger partial charge on any atom is 0.373 e. The van der Waals surface area contributed by atoms with Crippen LogP contribution in [0.2, 0.25) is 0 Å². The van der Waals surface area contributed by atoms with Gasteiger partial charge >= 0.3 is 5.97 Å². The number of carbonyl (C=O) groups is 1. The largest absolute Gasteiger partial charge is 0.373 e. The molecule has 0 saturated heterocycles.